The number of nitrogens with two attached hydrogens (primary N) is 1. The number of aromatic nitrogens is 3. The lowest BCUT2D eigenvalue weighted by molar-refractivity contribution is 0.130. The number of hydrogen-bond acceptors (Lipinski definition) is 8. The van der Waals surface area contributed by atoms with Gasteiger partial charge < -0.3 is 19.9 Å². The molecule has 2 heterocycles. The third kappa shape index (κ3) is 5.29. The predicted molar refractivity (Wildman–Crippen MR) is 110 cm³/mol. The van der Waals surface area contributed by atoms with Crippen LogP contribution in [0.4, 0.5) is 16.4 Å². The average molecular weight is 397 g/mol. The summed E-state index contributed by atoms with van der Waals surface area (Å²) in [5, 5.41) is 2.61. The number of nitrogens with one attached hydrogen (secondary N) is 1. The van der Waals surface area contributed by atoms with Crippen LogP contribution in [0.3, 0.4) is 0 Å². The van der Waals surface area contributed by atoms with Gasteiger partial charge in [0.15, 0.2) is 5.52 Å². The van der Waals surface area contributed by atoms with E-state index in [-0.39, 0.29) is 5.95 Å². The maximum absolute atomic E-state index is 11.3. The number of amides is 1. The summed E-state index contributed by atoms with van der Waals surface area (Å²) >= 11 is 0. The van der Waals surface area contributed by atoms with Crippen LogP contribution in [-0.4, -0.2) is 48.0 Å². The van der Waals surface area contributed by atoms with Gasteiger partial charge in [-0.1, -0.05) is 12.1 Å². The van der Waals surface area contributed by atoms with Crippen LogP contribution in [-0.2, 0) is 9.47 Å². The summed E-state index contributed by atoms with van der Waals surface area (Å²) in [5.74, 6) is 0.472. The Kier molecular flexibility index (Phi) is 6.75. The Bertz CT molecular complexity index is 979. The van der Waals surface area contributed by atoms with Gasteiger partial charge in [-0.15, -0.1) is 0 Å². The molecule has 9 nitrogen and oxygen atoms in total. The normalized spacial score (nSPS) is 10.7. The van der Waals surface area contributed by atoms with Crippen LogP contribution in [0, 0.1) is 0 Å². The quantitative estimate of drug-likeness (QED) is 0.556. The Balaban J connectivity index is 1.83. The predicted octanol–water partition coefficient (Wildman–Crippen LogP) is 3.26. The monoisotopic (exact) mass is 397 g/mol. The van der Waals surface area contributed by atoms with E-state index in [4.69, 9.17) is 15.2 Å². The van der Waals surface area contributed by atoms with Crippen LogP contribution in [0.25, 0.3) is 22.3 Å². The van der Waals surface area contributed by atoms with E-state index in [1.165, 1.54) is 7.11 Å². The first kappa shape index (κ1) is 20.3. The number of anilines is 2. The van der Waals surface area contributed by atoms with Gasteiger partial charge in [0.05, 0.1) is 24.9 Å². The van der Waals surface area contributed by atoms with Crippen LogP contribution < -0.4 is 15.8 Å². The molecule has 1 amide bonds. The zero-order valence-corrected chi connectivity index (χ0v) is 16.3. The van der Waals surface area contributed by atoms with Crippen molar-refractivity contribution in [3.63, 3.8) is 0 Å². The number of ether oxygens (including phenoxy) is 3. The number of nitrogens with zero attached hydrogens (tertiary/aromatic N) is 3. The second-order valence-electron chi connectivity index (χ2n) is 6.04. The number of carbonyl (C=O) groups excluding carboxylic acids is 1. The minimum atomic E-state index is -0.526. The molecule has 0 fully saturated rings. The van der Waals surface area contributed by atoms with Gasteiger partial charge in [-0.3, -0.25) is 5.32 Å². The third-order valence-electron chi connectivity index (χ3n) is 4.02. The van der Waals surface area contributed by atoms with Crippen molar-refractivity contribution in [2.75, 3.05) is 38.0 Å². The molecule has 1 aromatic carbocycles. The molecule has 0 aliphatic heterocycles. The van der Waals surface area contributed by atoms with Crippen molar-refractivity contribution >= 4 is 28.8 Å². The summed E-state index contributed by atoms with van der Waals surface area (Å²) < 4.78 is 15.7. The first-order valence-corrected chi connectivity index (χ1v) is 9.21. The lowest BCUT2D eigenvalue weighted by atomic mass is 10.1. The van der Waals surface area contributed by atoms with Gasteiger partial charge in [-0.25, -0.2) is 14.8 Å². The highest BCUT2D eigenvalue weighted by Gasteiger charge is 2.11. The molecule has 2 aromatic heterocycles. The van der Waals surface area contributed by atoms with Gasteiger partial charge in [-0.05, 0) is 31.2 Å². The van der Waals surface area contributed by atoms with Gasteiger partial charge >= 0.3 is 6.09 Å². The van der Waals surface area contributed by atoms with Gasteiger partial charge in [-0.2, -0.15) is 4.98 Å². The Morgan fingerprint density at radius 1 is 1.07 bits per heavy atom. The third-order valence-corrected chi connectivity index (χ3v) is 4.02. The summed E-state index contributed by atoms with van der Waals surface area (Å²) in [4.78, 5) is 24.4. The van der Waals surface area contributed by atoms with Gasteiger partial charge in [0.25, 0.3) is 0 Å². The average Bonchev–Trinajstić information content (AvgIpc) is 2.73. The molecule has 0 radical (unpaired) electrons. The minimum Gasteiger partial charge on any atom is -0.476 e. The number of fused-ring (bicyclic) bond motifs is 1. The summed E-state index contributed by atoms with van der Waals surface area (Å²) in [6.07, 6.45) is 0.204. The zero-order chi connectivity index (χ0) is 20.6. The second-order valence-corrected chi connectivity index (χ2v) is 6.04. The van der Waals surface area contributed by atoms with Crippen LogP contribution in [0.1, 0.15) is 13.3 Å². The highest BCUT2D eigenvalue weighted by atomic mass is 16.5. The molecular formula is C20H23N5O4. The number of carbonyl (C=O) groups is 1. The molecule has 29 heavy (non-hydrogen) atoms. The Labute approximate surface area is 168 Å². The van der Waals surface area contributed by atoms with Gasteiger partial charge in [0.2, 0.25) is 11.8 Å². The Morgan fingerprint density at radius 2 is 1.86 bits per heavy atom. The Morgan fingerprint density at radius 3 is 2.59 bits per heavy atom. The van der Waals surface area contributed by atoms with Gasteiger partial charge in [0, 0.05) is 30.9 Å². The fourth-order valence-corrected chi connectivity index (χ4v) is 2.63. The van der Waals surface area contributed by atoms with Crippen LogP contribution in [0.2, 0.25) is 0 Å². The standard InChI is InChI=1S/C20H23N5O4/c1-3-28-11-4-12-29-18-17-16(24-19(21)25-18)10-9-15(23-17)13-5-7-14(8-6-13)22-20(26)27-2/h5-10H,3-4,11-12H2,1-2H3,(H,22,26)(H2,21,24,25). The summed E-state index contributed by atoms with van der Waals surface area (Å²) in [5.41, 5.74) is 9.13. The van der Waals surface area contributed by atoms with E-state index in [9.17, 15) is 4.79 Å². The van der Waals surface area contributed by atoms with E-state index in [1.54, 1.807) is 12.1 Å². The molecule has 0 spiro atoms. The van der Waals surface area contributed by atoms with Crippen molar-refractivity contribution in [2.45, 2.75) is 13.3 Å². The topological polar surface area (TPSA) is 121 Å². The molecule has 3 aromatic rings. The first-order chi connectivity index (χ1) is 14.1. The maximum Gasteiger partial charge on any atom is 0.411 e. The van der Waals surface area contributed by atoms with Crippen LogP contribution in [0.5, 0.6) is 5.88 Å². The van der Waals surface area contributed by atoms with E-state index < -0.39 is 6.09 Å². The van der Waals surface area contributed by atoms with Crippen molar-refractivity contribution in [3.8, 4) is 17.1 Å². The number of benzene rings is 1. The molecule has 0 atom stereocenters. The largest absolute Gasteiger partial charge is 0.476 e. The SMILES string of the molecule is CCOCCCOc1nc(N)nc2ccc(-c3ccc(NC(=O)OC)cc3)nc12. The molecule has 0 unspecified atom stereocenters. The summed E-state index contributed by atoms with van der Waals surface area (Å²) in [6.45, 7) is 3.66. The molecule has 152 valence electrons. The molecule has 0 saturated heterocycles. The Hall–Kier alpha value is -3.46. The first-order valence-electron chi connectivity index (χ1n) is 9.21. The number of rotatable bonds is 8. The number of methoxy groups -OCH3 is 1. The number of nitrogen functional groups attached to an aromatic ring is 1. The number of pyridine rings is 1. The van der Waals surface area contributed by atoms with E-state index in [0.29, 0.717) is 42.4 Å². The molecular weight excluding hydrogens is 374 g/mol. The van der Waals surface area contributed by atoms with Crippen molar-refractivity contribution in [2.24, 2.45) is 0 Å². The highest BCUT2D eigenvalue weighted by Crippen LogP contribution is 2.26. The second kappa shape index (κ2) is 9.65. The maximum atomic E-state index is 11.3. The smallest absolute Gasteiger partial charge is 0.411 e. The van der Waals surface area contributed by atoms with E-state index in [1.807, 2.05) is 31.2 Å². The van der Waals surface area contributed by atoms with E-state index in [0.717, 1.165) is 17.7 Å². The van der Waals surface area contributed by atoms with Crippen molar-refractivity contribution < 1.29 is 19.0 Å². The highest BCUT2D eigenvalue weighted by molar-refractivity contribution is 5.86. The van der Waals surface area contributed by atoms with E-state index >= 15 is 0 Å². The van der Waals surface area contributed by atoms with Crippen molar-refractivity contribution in [1.82, 2.24) is 15.0 Å². The van der Waals surface area contributed by atoms with Crippen molar-refractivity contribution in [1.29, 1.82) is 0 Å². The lowest BCUT2D eigenvalue weighted by Crippen LogP contribution is -2.10. The summed E-state index contributed by atoms with van der Waals surface area (Å²) in [7, 11) is 1.31. The molecule has 0 aliphatic rings. The lowest BCUT2D eigenvalue weighted by Gasteiger charge is -2.10. The van der Waals surface area contributed by atoms with Crippen molar-refractivity contribution in [3.05, 3.63) is 36.4 Å². The molecule has 3 rings (SSSR count). The van der Waals surface area contributed by atoms with E-state index in [2.05, 4.69) is 25.0 Å². The number of hydrogen-bond donors (Lipinski definition) is 2. The minimum absolute atomic E-state index is 0.130. The fraction of sp³-hybridized carbons (Fsp3) is 0.300. The molecule has 9 heteroatoms. The van der Waals surface area contributed by atoms with Crippen LogP contribution >= 0.6 is 0 Å². The van der Waals surface area contributed by atoms with Gasteiger partial charge in [0.1, 0.15) is 0 Å². The zero-order valence-electron chi connectivity index (χ0n) is 16.3. The molecule has 0 bridgehead atoms. The fourth-order valence-electron chi connectivity index (χ4n) is 2.63. The summed E-state index contributed by atoms with van der Waals surface area (Å²) in [6, 6.07) is 10.9. The molecule has 0 saturated carbocycles. The molecule has 0 aliphatic carbocycles. The van der Waals surface area contributed by atoms with Crippen LogP contribution in [0.15, 0.2) is 36.4 Å². The molecule has 3 N–H and O–H groups in total.